The lowest BCUT2D eigenvalue weighted by Crippen LogP contribution is -2.23. The van der Waals surface area contributed by atoms with Gasteiger partial charge in [0, 0.05) is 25.1 Å². The van der Waals surface area contributed by atoms with Crippen molar-refractivity contribution in [1.82, 2.24) is 9.97 Å². The minimum absolute atomic E-state index is 0.268. The summed E-state index contributed by atoms with van der Waals surface area (Å²) in [6.45, 7) is 7.03. The first-order valence-electron chi connectivity index (χ1n) is 7.28. The zero-order valence-corrected chi connectivity index (χ0v) is 13.9. The van der Waals surface area contributed by atoms with Crippen molar-refractivity contribution in [3.05, 3.63) is 52.4 Å². The molecule has 0 aliphatic heterocycles. The minimum Gasteiger partial charge on any atom is -0.359 e. The second kappa shape index (κ2) is 6.90. The van der Waals surface area contributed by atoms with Gasteiger partial charge < -0.3 is 4.90 Å². The monoisotopic (exact) mass is 303 g/mol. The van der Waals surface area contributed by atoms with Crippen LogP contribution in [0.2, 0.25) is 5.15 Å². The standard InChI is InChI=1S/C17H22ClN3/c1-12(2)16-19-15(18)13(3)17(20-16)21(4)11-10-14-8-6-5-7-9-14/h5-9,12H,10-11H2,1-4H3. The van der Waals surface area contributed by atoms with Crippen molar-refractivity contribution in [3.8, 4) is 0 Å². The van der Waals surface area contributed by atoms with Gasteiger partial charge in [0.1, 0.15) is 16.8 Å². The SMILES string of the molecule is Cc1c(Cl)nc(C(C)C)nc1N(C)CCc1ccccc1. The van der Waals surface area contributed by atoms with Crippen LogP contribution in [0.5, 0.6) is 0 Å². The van der Waals surface area contributed by atoms with Gasteiger partial charge in [-0.05, 0) is 18.9 Å². The Morgan fingerprint density at radius 2 is 1.81 bits per heavy atom. The molecule has 1 aromatic carbocycles. The number of nitrogens with zero attached hydrogens (tertiary/aromatic N) is 3. The maximum absolute atomic E-state index is 6.25. The summed E-state index contributed by atoms with van der Waals surface area (Å²) in [5, 5.41) is 0.551. The van der Waals surface area contributed by atoms with E-state index in [0.29, 0.717) is 5.15 Å². The lowest BCUT2D eigenvalue weighted by atomic mass is 10.1. The van der Waals surface area contributed by atoms with E-state index in [1.54, 1.807) is 0 Å². The van der Waals surface area contributed by atoms with Crippen LogP contribution in [-0.2, 0) is 6.42 Å². The summed E-state index contributed by atoms with van der Waals surface area (Å²) in [6.07, 6.45) is 0.982. The third-order valence-corrected chi connectivity index (χ3v) is 3.90. The van der Waals surface area contributed by atoms with Gasteiger partial charge in [-0.2, -0.15) is 0 Å². The Kier molecular flexibility index (Phi) is 5.18. The van der Waals surface area contributed by atoms with Crippen LogP contribution in [-0.4, -0.2) is 23.6 Å². The first-order chi connectivity index (χ1) is 9.99. The predicted molar refractivity (Wildman–Crippen MR) is 89.3 cm³/mol. The number of benzene rings is 1. The predicted octanol–water partition coefficient (Wildman–Crippen LogP) is 4.24. The van der Waals surface area contributed by atoms with Crippen molar-refractivity contribution in [3.63, 3.8) is 0 Å². The number of aromatic nitrogens is 2. The molecule has 1 aromatic heterocycles. The number of likely N-dealkylation sites (N-methyl/N-ethyl adjacent to an activating group) is 1. The summed E-state index contributed by atoms with van der Waals surface area (Å²) in [7, 11) is 2.05. The maximum Gasteiger partial charge on any atom is 0.137 e. The summed E-state index contributed by atoms with van der Waals surface area (Å²) in [4.78, 5) is 11.2. The molecule has 0 atom stereocenters. The molecule has 0 spiro atoms. The van der Waals surface area contributed by atoms with Crippen LogP contribution >= 0.6 is 11.6 Å². The van der Waals surface area contributed by atoms with Crippen LogP contribution in [0.15, 0.2) is 30.3 Å². The molecule has 0 N–H and O–H groups in total. The molecule has 1 heterocycles. The van der Waals surface area contributed by atoms with Crippen LogP contribution in [0.25, 0.3) is 0 Å². The minimum atomic E-state index is 0.268. The number of halogens is 1. The summed E-state index contributed by atoms with van der Waals surface area (Å²) < 4.78 is 0. The second-order valence-corrected chi connectivity index (χ2v) is 5.99. The van der Waals surface area contributed by atoms with Gasteiger partial charge in [0.05, 0.1) is 0 Å². The van der Waals surface area contributed by atoms with Crippen molar-refractivity contribution in [2.45, 2.75) is 33.1 Å². The second-order valence-electron chi connectivity index (χ2n) is 5.63. The largest absolute Gasteiger partial charge is 0.359 e. The smallest absolute Gasteiger partial charge is 0.137 e. The molecule has 2 aromatic rings. The van der Waals surface area contributed by atoms with Crippen LogP contribution in [0.1, 0.15) is 36.7 Å². The molecule has 0 bridgehead atoms. The zero-order chi connectivity index (χ0) is 15.4. The molecule has 0 unspecified atom stereocenters. The van der Waals surface area contributed by atoms with Gasteiger partial charge in [-0.15, -0.1) is 0 Å². The van der Waals surface area contributed by atoms with Crippen LogP contribution in [0.3, 0.4) is 0 Å². The molecule has 0 saturated heterocycles. The molecule has 2 rings (SSSR count). The molecule has 0 saturated carbocycles. The van der Waals surface area contributed by atoms with E-state index in [4.69, 9.17) is 11.6 Å². The van der Waals surface area contributed by atoms with E-state index in [0.717, 1.165) is 30.2 Å². The molecule has 0 fully saturated rings. The highest BCUT2D eigenvalue weighted by Crippen LogP contribution is 2.25. The lowest BCUT2D eigenvalue weighted by molar-refractivity contribution is 0.756. The van der Waals surface area contributed by atoms with Gasteiger partial charge >= 0.3 is 0 Å². The fourth-order valence-corrected chi connectivity index (χ4v) is 2.34. The van der Waals surface area contributed by atoms with E-state index in [9.17, 15) is 0 Å². The molecule has 3 nitrogen and oxygen atoms in total. The van der Waals surface area contributed by atoms with Crippen molar-refractivity contribution in [2.24, 2.45) is 0 Å². The first-order valence-corrected chi connectivity index (χ1v) is 7.66. The van der Waals surface area contributed by atoms with E-state index in [1.807, 2.05) is 13.0 Å². The highest BCUT2D eigenvalue weighted by molar-refractivity contribution is 6.30. The molecule has 112 valence electrons. The van der Waals surface area contributed by atoms with Crippen LogP contribution < -0.4 is 4.90 Å². The molecule has 0 aliphatic rings. The summed E-state index contributed by atoms with van der Waals surface area (Å²) >= 11 is 6.25. The first kappa shape index (κ1) is 15.8. The fraction of sp³-hybridized carbons (Fsp3) is 0.412. The number of anilines is 1. The van der Waals surface area contributed by atoms with Gasteiger partial charge in [0.2, 0.25) is 0 Å². The quantitative estimate of drug-likeness (QED) is 0.774. The Hall–Kier alpha value is -1.61. The summed E-state index contributed by atoms with van der Waals surface area (Å²) in [6, 6.07) is 10.5. The molecular formula is C17H22ClN3. The van der Waals surface area contributed by atoms with Gasteiger partial charge in [0.25, 0.3) is 0 Å². The van der Waals surface area contributed by atoms with Crippen LogP contribution in [0.4, 0.5) is 5.82 Å². The number of rotatable bonds is 5. The average Bonchev–Trinajstić information content (AvgIpc) is 2.48. The normalized spacial score (nSPS) is 11.0. The number of hydrogen-bond acceptors (Lipinski definition) is 3. The van der Waals surface area contributed by atoms with Gasteiger partial charge in [-0.1, -0.05) is 55.8 Å². The van der Waals surface area contributed by atoms with Gasteiger partial charge in [-0.25, -0.2) is 9.97 Å². The lowest BCUT2D eigenvalue weighted by Gasteiger charge is -2.22. The van der Waals surface area contributed by atoms with Crippen molar-refractivity contribution >= 4 is 17.4 Å². The summed E-state index contributed by atoms with van der Waals surface area (Å²) in [5.74, 6) is 1.99. The van der Waals surface area contributed by atoms with E-state index in [-0.39, 0.29) is 5.92 Å². The molecule has 21 heavy (non-hydrogen) atoms. The Morgan fingerprint density at radius 3 is 2.43 bits per heavy atom. The topological polar surface area (TPSA) is 29.0 Å². The molecular weight excluding hydrogens is 282 g/mol. The Labute approximate surface area is 132 Å². The van der Waals surface area contributed by atoms with E-state index >= 15 is 0 Å². The maximum atomic E-state index is 6.25. The highest BCUT2D eigenvalue weighted by atomic mass is 35.5. The zero-order valence-electron chi connectivity index (χ0n) is 13.1. The molecule has 4 heteroatoms. The van der Waals surface area contributed by atoms with E-state index < -0.39 is 0 Å². The van der Waals surface area contributed by atoms with Crippen molar-refractivity contribution in [2.75, 3.05) is 18.5 Å². The molecule has 0 aliphatic carbocycles. The number of hydrogen-bond donors (Lipinski definition) is 0. The fourth-order valence-electron chi connectivity index (χ4n) is 2.17. The van der Waals surface area contributed by atoms with E-state index in [1.165, 1.54) is 5.56 Å². The average molecular weight is 304 g/mol. The highest BCUT2D eigenvalue weighted by Gasteiger charge is 2.14. The third kappa shape index (κ3) is 3.94. The van der Waals surface area contributed by atoms with Crippen molar-refractivity contribution in [1.29, 1.82) is 0 Å². The molecule has 0 amide bonds. The van der Waals surface area contributed by atoms with Crippen LogP contribution in [0, 0.1) is 6.92 Å². The van der Waals surface area contributed by atoms with E-state index in [2.05, 4.69) is 60.0 Å². The summed E-state index contributed by atoms with van der Waals surface area (Å²) in [5.41, 5.74) is 2.27. The third-order valence-electron chi connectivity index (χ3n) is 3.53. The van der Waals surface area contributed by atoms with Gasteiger partial charge in [0.15, 0.2) is 0 Å². The Balaban J connectivity index is 2.16. The Bertz CT molecular complexity index is 596. The van der Waals surface area contributed by atoms with Crippen molar-refractivity contribution < 1.29 is 0 Å². The molecule has 0 radical (unpaired) electrons. The Morgan fingerprint density at radius 1 is 1.14 bits per heavy atom. The van der Waals surface area contributed by atoms with Gasteiger partial charge in [-0.3, -0.25) is 0 Å².